The second-order valence-corrected chi connectivity index (χ2v) is 5.65. The maximum absolute atomic E-state index is 11.6. The highest BCUT2D eigenvalue weighted by atomic mass is 32.1. The maximum atomic E-state index is 11.6. The third-order valence-electron chi connectivity index (χ3n) is 3.58. The molecule has 0 unspecified atom stereocenters. The summed E-state index contributed by atoms with van der Waals surface area (Å²) in [6.07, 6.45) is 1.19. The Morgan fingerprint density at radius 1 is 1.35 bits per heavy atom. The van der Waals surface area contributed by atoms with Gasteiger partial charge in [-0.1, -0.05) is 18.2 Å². The number of para-hydroxylation sites is 1. The van der Waals surface area contributed by atoms with Crippen LogP contribution < -0.4 is 10.7 Å². The van der Waals surface area contributed by atoms with Gasteiger partial charge in [0.2, 0.25) is 0 Å². The van der Waals surface area contributed by atoms with Crippen LogP contribution in [0.2, 0.25) is 0 Å². The summed E-state index contributed by atoms with van der Waals surface area (Å²) in [5.41, 5.74) is 5.95. The first-order chi connectivity index (χ1) is 11.1. The number of aryl methyl sites for hydroxylation is 1. The Morgan fingerprint density at radius 3 is 2.70 bits per heavy atom. The van der Waals surface area contributed by atoms with E-state index in [-0.39, 0.29) is 6.09 Å². The molecule has 0 atom stereocenters. The number of rotatable bonds is 3. The van der Waals surface area contributed by atoms with E-state index in [1.165, 1.54) is 0 Å². The van der Waals surface area contributed by atoms with Crippen LogP contribution in [0.15, 0.2) is 29.4 Å². The number of likely N-dealkylation sites (tertiary alicyclic amines) is 1. The molecule has 1 aliphatic heterocycles. The number of nitrogens with zero attached hydrogens (tertiary/aromatic N) is 2. The molecule has 0 saturated carbocycles. The molecule has 7 heteroatoms. The lowest BCUT2D eigenvalue weighted by Crippen LogP contribution is -2.39. The average Bonchev–Trinajstić information content (AvgIpc) is 2.56. The zero-order valence-corrected chi connectivity index (χ0v) is 14.3. The Morgan fingerprint density at radius 2 is 2.04 bits per heavy atom. The minimum atomic E-state index is -0.253. The van der Waals surface area contributed by atoms with E-state index in [2.05, 4.69) is 15.8 Å². The zero-order chi connectivity index (χ0) is 16.7. The number of piperidine rings is 1. The Hall–Kier alpha value is -2.15. The van der Waals surface area contributed by atoms with Gasteiger partial charge in [-0.05, 0) is 37.7 Å². The van der Waals surface area contributed by atoms with Crippen molar-refractivity contribution in [1.82, 2.24) is 10.3 Å². The van der Waals surface area contributed by atoms with E-state index in [0.29, 0.717) is 24.8 Å². The normalized spacial score (nSPS) is 14.2. The third-order valence-corrected chi connectivity index (χ3v) is 3.77. The number of nitrogens with one attached hydrogen (secondary N) is 2. The van der Waals surface area contributed by atoms with E-state index >= 15 is 0 Å². The van der Waals surface area contributed by atoms with Gasteiger partial charge in [0.1, 0.15) is 0 Å². The van der Waals surface area contributed by atoms with Crippen LogP contribution in [0, 0.1) is 6.92 Å². The van der Waals surface area contributed by atoms with Gasteiger partial charge in [-0.3, -0.25) is 5.43 Å². The van der Waals surface area contributed by atoms with Crippen molar-refractivity contribution in [3.05, 3.63) is 29.8 Å². The Kier molecular flexibility index (Phi) is 6.34. The molecule has 23 heavy (non-hydrogen) atoms. The second-order valence-electron chi connectivity index (χ2n) is 5.24. The van der Waals surface area contributed by atoms with E-state index in [9.17, 15) is 4.79 Å². The van der Waals surface area contributed by atoms with Gasteiger partial charge in [0.05, 0.1) is 6.61 Å². The van der Waals surface area contributed by atoms with Gasteiger partial charge in [0, 0.05) is 37.3 Å². The molecule has 0 spiro atoms. The number of ether oxygens (including phenoxy) is 1. The molecule has 1 amide bonds. The van der Waals surface area contributed by atoms with Crippen LogP contribution in [0.5, 0.6) is 0 Å². The molecule has 2 N–H and O–H groups in total. The fourth-order valence-corrected chi connectivity index (χ4v) is 2.42. The van der Waals surface area contributed by atoms with Gasteiger partial charge < -0.3 is 15.0 Å². The van der Waals surface area contributed by atoms with Crippen LogP contribution in [-0.2, 0) is 4.74 Å². The summed E-state index contributed by atoms with van der Waals surface area (Å²) in [7, 11) is 0. The summed E-state index contributed by atoms with van der Waals surface area (Å²) in [6, 6.07) is 7.92. The number of carbonyl (C=O) groups is 1. The Labute approximate surface area is 141 Å². The summed E-state index contributed by atoms with van der Waals surface area (Å²) in [4.78, 5) is 13.3. The number of hydrazone groups is 1. The van der Waals surface area contributed by atoms with E-state index in [1.54, 1.807) is 11.8 Å². The number of carbonyl (C=O) groups excluding carboxylic acids is 1. The van der Waals surface area contributed by atoms with Crippen molar-refractivity contribution in [2.24, 2.45) is 5.10 Å². The SMILES string of the molecule is CCOC(=O)N1CCC(=NNC(=S)Nc2ccccc2C)CC1. The highest BCUT2D eigenvalue weighted by Gasteiger charge is 2.20. The summed E-state index contributed by atoms with van der Waals surface area (Å²) >= 11 is 5.25. The molecular weight excluding hydrogens is 312 g/mol. The predicted molar refractivity (Wildman–Crippen MR) is 95.8 cm³/mol. The summed E-state index contributed by atoms with van der Waals surface area (Å²) in [5, 5.41) is 7.91. The van der Waals surface area contributed by atoms with E-state index in [4.69, 9.17) is 17.0 Å². The third kappa shape index (κ3) is 5.21. The number of amides is 1. The summed E-state index contributed by atoms with van der Waals surface area (Å²) in [5.74, 6) is 0. The number of hydrogen-bond donors (Lipinski definition) is 2. The van der Waals surface area contributed by atoms with Crippen molar-refractivity contribution in [3.8, 4) is 0 Å². The molecule has 6 nitrogen and oxygen atoms in total. The number of anilines is 1. The number of hydrogen-bond acceptors (Lipinski definition) is 4. The molecule has 2 rings (SSSR count). The lowest BCUT2D eigenvalue weighted by atomic mass is 10.1. The molecular formula is C16H22N4O2S. The average molecular weight is 334 g/mol. The molecule has 0 aliphatic carbocycles. The topological polar surface area (TPSA) is 66.0 Å². The molecule has 1 aromatic carbocycles. The van der Waals surface area contributed by atoms with Crippen molar-refractivity contribution in [2.75, 3.05) is 25.0 Å². The van der Waals surface area contributed by atoms with Crippen molar-refractivity contribution in [1.29, 1.82) is 0 Å². The van der Waals surface area contributed by atoms with Crippen LogP contribution in [0.4, 0.5) is 10.5 Å². The van der Waals surface area contributed by atoms with Gasteiger partial charge in [0.15, 0.2) is 5.11 Å². The van der Waals surface area contributed by atoms with Crippen molar-refractivity contribution >= 4 is 34.8 Å². The van der Waals surface area contributed by atoms with Gasteiger partial charge in [-0.15, -0.1) is 0 Å². The largest absolute Gasteiger partial charge is 0.450 e. The van der Waals surface area contributed by atoms with Crippen LogP contribution in [0.1, 0.15) is 25.3 Å². The van der Waals surface area contributed by atoms with Crippen LogP contribution in [0.25, 0.3) is 0 Å². The summed E-state index contributed by atoms with van der Waals surface area (Å²) < 4.78 is 4.99. The van der Waals surface area contributed by atoms with Crippen molar-refractivity contribution in [3.63, 3.8) is 0 Å². The molecule has 0 aromatic heterocycles. The lowest BCUT2D eigenvalue weighted by Gasteiger charge is -2.26. The number of thiocarbonyl (C=S) groups is 1. The monoisotopic (exact) mass is 334 g/mol. The molecule has 0 bridgehead atoms. The van der Waals surface area contributed by atoms with Gasteiger partial charge in [-0.2, -0.15) is 5.10 Å². The van der Waals surface area contributed by atoms with Crippen LogP contribution in [0.3, 0.4) is 0 Å². The molecule has 1 saturated heterocycles. The predicted octanol–water partition coefficient (Wildman–Crippen LogP) is 2.89. The Balaban J connectivity index is 1.79. The zero-order valence-electron chi connectivity index (χ0n) is 13.5. The summed E-state index contributed by atoms with van der Waals surface area (Å²) in [6.45, 7) is 5.47. The fourth-order valence-electron chi connectivity index (χ4n) is 2.27. The first-order valence-corrected chi connectivity index (χ1v) is 8.10. The Bertz CT molecular complexity index is 593. The maximum Gasteiger partial charge on any atom is 0.409 e. The molecule has 1 aliphatic rings. The molecule has 1 aromatic rings. The highest BCUT2D eigenvalue weighted by Crippen LogP contribution is 2.13. The first kappa shape index (κ1) is 17.2. The molecule has 124 valence electrons. The van der Waals surface area contributed by atoms with E-state index in [0.717, 1.165) is 29.8 Å². The van der Waals surface area contributed by atoms with Crippen molar-refractivity contribution < 1.29 is 9.53 Å². The van der Waals surface area contributed by atoms with Gasteiger partial charge in [0.25, 0.3) is 0 Å². The second kappa shape index (κ2) is 8.47. The first-order valence-electron chi connectivity index (χ1n) is 7.70. The molecule has 1 heterocycles. The lowest BCUT2D eigenvalue weighted by molar-refractivity contribution is 0.107. The highest BCUT2D eigenvalue weighted by molar-refractivity contribution is 7.80. The van der Waals surface area contributed by atoms with E-state index < -0.39 is 0 Å². The van der Waals surface area contributed by atoms with Crippen LogP contribution in [-0.4, -0.2) is 41.5 Å². The standard InChI is InChI=1S/C16H22N4O2S/c1-3-22-16(21)20-10-8-13(9-11-20)18-19-15(23)17-14-7-5-4-6-12(14)2/h4-7H,3,8-11H2,1-2H3,(H2,17,19,23). The smallest absolute Gasteiger partial charge is 0.409 e. The molecule has 1 fully saturated rings. The minimum absolute atomic E-state index is 0.253. The van der Waals surface area contributed by atoms with Gasteiger partial charge >= 0.3 is 6.09 Å². The minimum Gasteiger partial charge on any atom is -0.450 e. The number of benzene rings is 1. The van der Waals surface area contributed by atoms with Crippen LogP contribution >= 0.6 is 12.2 Å². The molecule has 0 radical (unpaired) electrons. The fraction of sp³-hybridized carbons (Fsp3) is 0.438. The van der Waals surface area contributed by atoms with E-state index in [1.807, 2.05) is 31.2 Å². The quantitative estimate of drug-likeness (QED) is 0.657. The van der Waals surface area contributed by atoms with Gasteiger partial charge in [-0.25, -0.2) is 4.79 Å². The van der Waals surface area contributed by atoms with Crippen molar-refractivity contribution in [2.45, 2.75) is 26.7 Å².